The van der Waals surface area contributed by atoms with Gasteiger partial charge in [0.05, 0.1) is 9.90 Å². The summed E-state index contributed by atoms with van der Waals surface area (Å²) in [6.07, 6.45) is 1.13. The molecule has 0 saturated heterocycles. The number of carbonyl (C=O) groups is 2. The summed E-state index contributed by atoms with van der Waals surface area (Å²) in [7, 11) is 0. The molecule has 3 nitrogen and oxygen atoms in total. The first-order chi connectivity index (χ1) is 9.15. The molecular weight excluding hydrogens is 282 g/mol. The number of ketones is 1. The Kier molecular flexibility index (Phi) is 3.12. The number of aryl methyl sites for hydroxylation is 1. The van der Waals surface area contributed by atoms with E-state index < -0.39 is 0 Å². The molecule has 1 aliphatic heterocycles. The third-order valence-electron chi connectivity index (χ3n) is 3.09. The maximum absolute atomic E-state index is 12.3. The fraction of sp³-hybridized carbons (Fsp3) is 0.143. The van der Waals surface area contributed by atoms with Crippen molar-refractivity contribution < 1.29 is 9.59 Å². The number of carbonyl (C=O) groups excluding carboxylic acids is 2. The lowest BCUT2D eigenvalue weighted by Gasteiger charge is -2.17. The second-order valence-electron chi connectivity index (χ2n) is 4.35. The van der Waals surface area contributed by atoms with Crippen LogP contribution in [-0.4, -0.2) is 11.7 Å². The molecule has 96 valence electrons. The summed E-state index contributed by atoms with van der Waals surface area (Å²) in [5.74, 6) is -0.0485. The van der Waals surface area contributed by atoms with E-state index in [-0.39, 0.29) is 11.7 Å². The summed E-state index contributed by atoms with van der Waals surface area (Å²) in [4.78, 5) is 24.2. The molecule has 1 N–H and O–H groups in total. The topological polar surface area (TPSA) is 46.2 Å². The van der Waals surface area contributed by atoms with Gasteiger partial charge in [0, 0.05) is 17.7 Å². The van der Waals surface area contributed by atoms with Crippen molar-refractivity contribution in [2.45, 2.75) is 12.8 Å². The number of nitrogens with one attached hydrogen (secondary N) is 1. The van der Waals surface area contributed by atoms with Gasteiger partial charge < -0.3 is 5.32 Å². The molecule has 0 bridgehead atoms. The molecule has 1 aromatic heterocycles. The highest BCUT2D eigenvalue weighted by atomic mass is 35.5. The Morgan fingerprint density at radius 3 is 2.84 bits per heavy atom. The number of amides is 1. The molecule has 0 fully saturated rings. The molecule has 2 aromatic rings. The largest absolute Gasteiger partial charge is 0.326 e. The number of hydrogen-bond acceptors (Lipinski definition) is 3. The Hall–Kier alpha value is -1.65. The van der Waals surface area contributed by atoms with E-state index in [0.717, 1.165) is 11.3 Å². The Morgan fingerprint density at radius 1 is 1.26 bits per heavy atom. The summed E-state index contributed by atoms with van der Waals surface area (Å²) in [5.41, 5.74) is 2.41. The lowest BCUT2D eigenvalue weighted by atomic mass is 9.98. The fourth-order valence-corrected chi connectivity index (χ4v) is 3.21. The first-order valence-corrected chi connectivity index (χ1v) is 7.11. The van der Waals surface area contributed by atoms with Gasteiger partial charge in [-0.1, -0.05) is 11.6 Å². The zero-order valence-electron chi connectivity index (χ0n) is 9.90. The van der Waals surface area contributed by atoms with Gasteiger partial charge in [-0.25, -0.2) is 0 Å². The molecule has 1 amide bonds. The molecule has 0 spiro atoms. The van der Waals surface area contributed by atoms with Gasteiger partial charge >= 0.3 is 0 Å². The number of halogens is 1. The van der Waals surface area contributed by atoms with Gasteiger partial charge in [-0.2, -0.15) is 0 Å². The molecule has 0 aliphatic carbocycles. The van der Waals surface area contributed by atoms with Crippen LogP contribution in [0.1, 0.15) is 27.2 Å². The number of benzene rings is 1. The number of hydrogen-bond donors (Lipinski definition) is 1. The van der Waals surface area contributed by atoms with Gasteiger partial charge in [-0.15, -0.1) is 11.3 Å². The standard InChI is InChI=1S/C14H10ClNO2S/c15-10-5-6-19-14(10)13(18)9-1-3-11-8(7-9)2-4-12(17)16-11/h1,3,5-7H,2,4H2,(H,16,17). The van der Waals surface area contributed by atoms with E-state index in [0.29, 0.717) is 28.3 Å². The van der Waals surface area contributed by atoms with E-state index in [9.17, 15) is 9.59 Å². The number of rotatable bonds is 2. The molecule has 5 heteroatoms. The van der Waals surface area contributed by atoms with Gasteiger partial charge in [0.15, 0.2) is 0 Å². The maximum Gasteiger partial charge on any atom is 0.224 e. The predicted octanol–water partition coefficient (Wildman–Crippen LogP) is 3.52. The van der Waals surface area contributed by atoms with Crippen LogP contribution in [0.5, 0.6) is 0 Å². The summed E-state index contributed by atoms with van der Waals surface area (Å²) in [6, 6.07) is 7.06. The normalized spacial score (nSPS) is 13.8. The summed E-state index contributed by atoms with van der Waals surface area (Å²) in [6.45, 7) is 0. The minimum Gasteiger partial charge on any atom is -0.326 e. The van der Waals surface area contributed by atoms with Crippen molar-refractivity contribution in [3.8, 4) is 0 Å². The molecule has 0 radical (unpaired) electrons. The van der Waals surface area contributed by atoms with Gasteiger partial charge in [0.1, 0.15) is 0 Å². The Bertz CT molecular complexity index is 678. The van der Waals surface area contributed by atoms with E-state index in [2.05, 4.69) is 5.32 Å². The van der Waals surface area contributed by atoms with Crippen molar-refractivity contribution >= 4 is 40.3 Å². The first kappa shape index (κ1) is 12.4. The van der Waals surface area contributed by atoms with Gasteiger partial charge in [0.25, 0.3) is 0 Å². The Balaban J connectivity index is 1.97. The van der Waals surface area contributed by atoms with Crippen molar-refractivity contribution in [1.29, 1.82) is 0 Å². The second kappa shape index (κ2) is 4.79. The second-order valence-corrected chi connectivity index (χ2v) is 5.67. The Morgan fingerprint density at radius 2 is 2.11 bits per heavy atom. The molecule has 0 unspecified atom stereocenters. The quantitative estimate of drug-likeness (QED) is 0.861. The van der Waals surface area contributed by atoms with Crippen molar-refractivity contribution in [2.75, 3.05) is 5.32 Å². The van der Waals surface area contributed by atoms with Crippen molar-refractivity contribution in [3.63, 3.8) is 0 Å². The minimum atomic E-state index is -0.0697. The third-order valence-corrected chi connectivity index (χ3v) is 4.43. The Labute approximate surface area is 119 Å². The molecule has 1 aliphatic rings. The molecular formula is C14H10ClNO2S. The minimum absolute atomic E-state index is 0.0212. The smallest absolute Gasteiger partial charge is 0.224 e. The van der Waals surface area contributed by atoms with E-state index in [4.69, 9.17) is 11.6 Å². The van der Waals surface area contributed by atoms with Crippen LogP contribution in [0, 0.1) is 0 Å². The van der Waals surface area contributed by atoms with Crippen molar-refractivity contribution in [3.05, 3.63) is 50.7 Å². The van der Waals surface area contributed by atoms with Crippen LogP contribution < -0.4 is 5.32 Å². The third kappa shape index (κ3) is 2.29. The van der Waals surface area contributed by atoms with Crippen LogP contribution in [0.4, 0.5) is 5.69 Å². The van der Waals surface area contributed by atoms with E-state index in [1.165, 1.54) is 11.3 Å². The lowest BCUT2D eigenvalue weighted by molar-refractivity contribution is -0.116. The summed E-state index contributed by atoms with van der Waals surface area (Å²) < 4.78 is 0. The van der Waals surface area contributed by atoms with Crippen LogP contribution in [-0.2, 0) is 11.2 Å². The van der Waals surface area contributed by atoms with Crippen LogP contribution in [0.2, 0.25) is 5.02 Å². The highest BCUT2D eigenvalue weighted by Crippen LogP contribution is 2.28. The van der Waals surface area contributed by atoms with Crippen LogP contribution in [0.3, 0.4) is 0 Å². The zero-order valence-corrected chi connectivity index (χ0v) is 11.5. The highest BCUT2D eigenvalue weighted by Gasteiger charge is 2.19. The molecule has 1 aromatic carbocycles. The van der Waals surface area contributed by atoms with Crippen LogP contribution >= 0.6 is 22.9 Å². The lowest BCUT2D eigenvalue weighted by Crippen LogP contribution is -2.19. The van der Waals surface area contributed by atoms with Gasteiger partial charge in [-0.05, 0) is 41.6 Å². The van der Waals surface area contributed by atoms with E-state index in [1.54, 1.807) is 23.6 Å². The van der Waals surface area contributed by atoms with Crippen LogP contribution in [0.15, 0.2) is 29.6 Å². The van der Waals surface area contributed by atoms with Crippen molar-refractivity contribution in [1.82, 2.24) is 0 Å². The zero-order chi connectivity index (χ0) is 13.4. The fourth-order valence-electron chi connectivity index (χ4n) is 2.11. The first-order valence-electron chi connectivity index (χ1n) is 5.85. The molecule has 3 rings (SSSR count). The van der Waals surface area contributed by atoms with Crippen LogP contribution in [0.25, 0.3) is 0 Å². The molecule has 0 atom stereocenters. The monoisotopic (exact) mass is 291 g/mol. The van der Waals surface area contributed by atoms with Gasteiger partial charge in [-0.3, -0.25) is 9.59 Å². The predicted molar refractivity (Wildman–Crippen MR) is 76.2 cm³/mol. The molecule has 2 heterocycles. The van der Waals surface area contributed by atoms with Gasteiger partial charge in [0.2, 0.25) is 11.7 Å². The number of thiophene rings is 1. The summed E-state index contributed by atoms with van der Waals surface area (Å²) >= 11 is 7.32. The van der Waals surface area contributed by atoms with Crippen molar-refractivity contribution in [2.24, 2.45) is 0 Å². The average molecular weight is 292 g/mol. The molecule has 0 saturated carbocycles. The molecule has 19 heavy (non-hydrogen) atoms. The average Bonchev–Trinajstić information content (AvgIpc) is 2.83. The maximum atomic E-state index is 12.3. The SMILES string of the molecule is O=C1CCc2cc(C(=O)c3sccc3Cl)ccc2N1. The number of anilines is 1. The van der Waals surface area contributed by atoms with E-state index >= 15 is 0 Å². The van der Waals surface area contributed by atoms with E-state index in [1.807, 2.05) is 6.07 Å². The summed E-state index contributed by atoms with van der Waals surface area (Å²) in [5, 5.41) is 5.09. The number of fused-ring (bicyclic) bond motifs is 1. The highest BCUT2D eigenvalue weighted by molar-refractivity contribution is 7.13.